The van der Waals surface area contributed by atoms with Gasteiger partial charge in [-0.2, -0.15) is 0 Å². The zero-order valence-electron chi connectivity index (χ0n) is 12.6. The van der Waals surface area contributed by atoms with Crippen molar-refractivity contribution >= 4 is 34.1 Å². The highest BCUT2D eigenvalue weighted by atomic mass is 32.1. The van der Waals surface area contributed by atoms with E-state index >= 15 is 0 Å². The Kier molecular flexibility index (Phi) is 5.05. The van der Waals surface area contributed by atoms with Crippen molar-refractivity contribution in [3.05, 3.63) is 35.0 Å². The van der Waals surface area contributed by atoms with Gasteiger partial charge in [0.15, 0.2) is 5.13 Å². The van der Waals surface area contributed by atoms with Crippen molar-refractivity contribution in [3.8, 4) is 0 Å². The maximum atomic E-state index is 12.0. The molecule has 2 heterocycles. The van der Waals surface area contributed by atoms with E-state index in [9.17, 15) is 9.59 Å². The first-order valence-electron chi connectivity index (χ1n) is 6.59. The molecule has 2 amide bonds. The summed E-state index contributed by atoms with van der Waals surface area (Å²) in [6.45, 7) is 1.78. The first kappa shape index (κ1) is 15.9. The number of carbonyl (C=O) groups excluding carboxylic acids is 2. The fourth-order valence-electron chi connectivity index (χ4n) is 1.67. The molecule has 0 aromatic carbocycles. The van der Waals surface area contributed by atoms with Gasteiger partial charge in [-0.3, -0.25) is 9.59 Å². The second kappa shape index (κ2) is 6.99. The number of hydrogen-bond donors (Lipinski definition) is 2. The average Bonchev–Trinajstić information content (AvgIpc) is 2.92. The summed E-state index contributed by atoms with van der Waals surface area (Å²) in [4.78, 5) is 33.1. The van der Waals surface area contributed by atoms with E-state index < -0.39 is 0 Å². The molecule has 22 heavy (non-hydrogen) atoms. The van der Waals surface area contributed by atoms with E-state index in [1.165, 1.54) is 18.3 Å². The van der Waals surface area contributed by atoms with Gasteiger partial charge >= 0.3 is 0 Å². The average molecular weight is 319 g/mol. The number of amides is 2. The van der Waals surface area contributed by atoms with Crippen LogP contribution in [-0.2, 0) is 11.3 Å². The Morgan fingerprint density at radius 3 is 2.82 bits per heavy atom. The molecule has 0 spiro atoms. The quantitative estimate of drug-likeness (QED) is 0.872. The lowest BCUT2D eigenvalue weighted by molar-refractivity contribution is -0.114. The molecule has 8 heteroatoms. The van der Waals surface area contributed by atoms with E-state index in [1.54, 1.807) is 11.6 Å². The molecule has 2 aromatic rings. The molecule has 2 N–H and O–H groups in total. The molecule has 116 valence electrons. The maximum absolute atomic E-state index is 12.0. The largest absolute Gasteiger partial charge is 0.363 e. The summed E-state index contributed by atoms with van der Waals surface area (Å²) in [5.41, 5.74) is 1.24. The van der Waals surface area contributed by atoms with Gasteiger partial charge in [0.2, 0.25) is 5.91 Å². The van der Waals surface area contributed by atoms with Crippen LogP contribution < -0.4 is 15.5 Å². The summed E-state index contributed by atoms with van der Waals surface area (Å²) in [6, 6.07) is 3.75. The number of rotatable bonds is 5. The number of pyridine rings is 1. The molecule has 7 nitrogen and oxygen atoms in total. The number of hydrogen-bond acceptors (Lipinski definition) is 6. The molecular weight excluding hydrogens is 302 g/mol. The second-order valence-electron chi connectivity index (χ2n) is 4.82. The Bertz CT molecular complexity index is 683. The van der Waals surface area contributed by atoms with E-state index in [2.05, 4.69) is 20.6 Å². The SMILES string of the molecule is CC(=O)Nc1nc(C(=O)NCc2ccnc(N(C)C)c2)cs1. The molecular formula is C14H17N5O2S. The standard InChI is InChI=1S/C14H17N5O2S/c1-9(20)17-14-18-11(8-22-14)13(21)16-7-10-4-5-15-12(6-10)19(2)3/h4-6,8H,7H2,1-3H3,(H,16,21)(H,17,18,20). The lowest BCUT2D eigenvalue weighted by Gasteiger charge is -2.12. The van der Waals surface area contributed by atoms with Crippen molar-refractivity contribution in [1.82, 2.24) is 15.3 Å². The third kappa shape index (κ3) is 4.26. The van der Waals surface area contributed by atoms with E-state index in [0.29, 0.717) is 11.7 Å². The minimum Gasteiger partial charge on any atom is -0.363 e. The van der Waals surface area contributed by atoms with Gasteiger partial charge in [0, 0.05) is 39.1 Å². The van der Waals surface area contributed by atoms with Gasteiger partial charge in [-0.1, -0.05) is 0 Å². The van der Waals surface area contributed by atoms with Gasteiger partial charge in [0.1, 0.15) is 11.5 Å². The molecule has 0 unspecified atom stereocenters. The third-order valence-electron chi connectivity index (χ3n) is 2.74. The molecule has 0 saturated heterocycles. The van der Waals surface area contributed by atoms with Crippen molar-refractivity contribution in [3.63, 3.8) is 0 Å². The van der Waals surface area contributed by atoms with E-state index in [-0.39, 0.29) is 17.5 Å². The molecule has 0 bridgehead atoms. The second-order valence-corrected chi connectivity index (χ2v) is 5.68. The Morgan fingerprint density at radius 1 is 1.36 bits per heavy atom. The Morgan fingerprint density at radius 2 is 2.14 bits per heavy atom. The van der Waals surface area contributed by atoms with Crippen molar-refractivity contribution in [2.75, 3.05) is 24.3 Å². The first-order chi connectivity index (χ1) is 10.5. The Balaban J connectivity index is 1.96. The molecule has 0 fully saturated rings. The highest BCUT2D eigenvalue weighted by Gasteiger charge is 2.11. The molecule has 2 rings (SSSR count). The van der Waals surface area contributed by atoms with Crippen LogP contribution in [0.5, 0.6) is 0 Å². The molecule has 0 aliphatic heterocycles. The van der Waals surface area contributed by atoms with Crippen molar-refractivity contribution in [2.24, 2.45) is 0 Å². The number of carbonyl (C=O) groups is 2. The van der Waals surface area contributed by atoms with Crippen LogP contribution in [0.4, 0.5) is 10.9 Å². The van der Waals surface area contributed by atoms with Crippen LogP contribution in [0.2, 0.25) is 0 Å². The van der Waals surface area contributed by atoms with Crippen LogP contribution in [0.1, 0.15) is 23.0 Å². The molecule has 0 radical (unpaired) electrons. The topological polar surface area (TPSA) is 87.2 Å². The monoisotopic (exact) mass is 319 g/mol. The highest BCUT2D eigenvalue weighted by molar-refractivity contribution is 7.14. The Hall–Kier alpha value is -2.48. The molecule has 2 aromatic heterocycles. The number of thiazole rings is 1. The molecule has 0 aliphatic rings. The first-order valence-corrected chi connectivity index (χ1v) is 7.47. The highest BCUT2D eigenvalue weighted by Crippen LogP contribution is 2.15. The lowest BCUT2D eigenvalue weighted by Crippen LogP contribution is -2.23. The van der Waals surface area contributed by atoms with Crippen LogP contribution in [-0.4, -0.2) is 35.9 Å². The van der Waals surface area contributed by atoms with E-state index in [1.807, 2.05) is 31.1 Å². The Labute approximate surface area is 132 Å². The molecule has 0 atom stereocenters. The van der Waals surface area contributed by atoms with Gasteiger partial charge in [-0.25, -0.2) is 9.97 Å². The fourth-order valence-corrected chi connectivity index (χ4v) is 2.41. The van der Waals surface area contributed by atoms with Gasteiger partial charge in [0.05, 0.1) is 0 Å². The summed E-state index contributed by atoms with van der Waals surface area (Å²) in [5.74, 6) is 0.332. The molecule has 0 saturated carbocycles. The van der Waals surface area contributed by atoms with E-state index in [4.69, 9.17) is 0 Å². The lowest BCUT2D eigenvalue weighted by atomic mass is 10.2. The van der Waals surface area contributed by atoms with Crippen molar-refractivity contribution < 1.29 is 9.59 Å². The summed E-state index contributed by atoms with van der Waals surface area (Å²) in [5, 5.41) is 7.37. The zero-order chi connectivity index (χ0) is 16.1. The summed E-state index contributed by atoms with van der Waals surface area (Å²) in [6.07, 6.45) is 1.70. The minimum atomic E-state index is -0.281. The minimum absolute atomic E-state index is 0.214. The predicted molar refractivity (Wildman–Crippen MR) is 86.2 cm³/mol. The summed E-state index contributed by atoms with van der Waals surface area (Å²) in [7, 11) is 3.81. The van der Waals surface area contributed by atoms with Crippen LogP contribution in [0.25, 0.3) is 0 Å². The van der Waals surface area contributed by atoms with Crippen molar-refractivity contribution in [1.29, 1.82) is 0 Å². The maximum Gasteiger partial charge on any atom is 0.271 e. The smallest absolute Gasteiger partial charge is 0.271 e. The molecule has 0 aliphatic carbocycles. The number of nitrogens with zero attached hydrogens (tertiary/aromatic N) is 3. The van der Waals surface area contributed by atoms with Crippen LogP contribution in [0.3, 0.4) is 0 Å². The fraction of sp³-hybridized carbons (Fsp3) is 0.286. The predicted octanol–water partition coefficient (Wildman–Crippen LogP) is 1.49. The third-order valence-corrected chi connectivity index (χ3v) is 3.50. The van der Waals surface area contributed by atoms with Crippen molar-refractivity contribution in [2.45, 2.75) is 13.5 Å². The summed E-state index contributed by atoms with van der Waals surface area (Å²) < 4.78 is 0. The normalized spacial score (nSPS) is 10.1. The number of anilines is 2. The van der Waals surface area contributed by atoms with Gasteiger partial charge in [-0.05, 0) is 17.7 Å². The van der Waals surface area contributed by atoms with Crippen LogP contribution in [0.15, 0.2) is 23.7 Å². The van der Waals surface area contributed by atoms with Gasteiger partial charge < -0.3 is 15.5 Å². The number of aromatic nitrogens is 2. The van der Waals surface area contributed by atoms with Gasteiger partial charge in [0.25, 0.3) is 5.91 Å². The zero-order valence-corrected chi connectivity index (χ0v) is 13.4. The van der Waals surface area contributed by atoms with Crippen LogP contribution in [0, 0.1) is 0 Å². The number of nitrogens with one attached hydrogen (secondary N) is 2. The summed E-state index contributed by atoms with van der Waals surface area (Å²) >= 11 is 1.21. The van der Waals surface area contributed by atoms with Gasteiger partial charge in [-0.15, -0.1) is 11.3 Å². The van der Waals surface area contributed by atoms with E-state index in [0.717, 1.165) is 11.4 Å². The van der Waals surface area contributed by atoms with Crippen LogP contribution >= 0.6 is 11.3 Å².